The van der Waals surface area contributed by atoms with Crippen LogP contribution in [0, 0.1) is 0 Å². The number of nitrogens with one attached hydrogen (secondary N) is 3. The van der Waals surface area contributed by atoms with Crippen LogP contribution in [0.4, 0.5) is 11.4 Å². The van der Waals surface area contributed by atoms with Gasteiger partial charge >= 0.3 is 0 Å². The van der Waals surface area contributed by atoms with Crippen LogP contribution in [0.3, 0.4) is 0 Å². The maximum atomic E-state index is 12.7. The van der Waals surface area contributed by atoms with E-state index in [2.05, 4.69) is 15.0 Å². The molecule has 158 valence electrons. The molecule has 4 rings (SSSR count). The molecule has 1 aromatic heterocycles. The van der Waals surface area contributed by atoms with Crippen molar-refractivity contribution >= 4 is 61.8 Å². The summed E-state index contributed by atoms with van der Waals surface area (Å²) in [6, 6.07) is 18.0. The quantitative estimate of drug-likeness (QED) is 0.314. The minimum absolute atomic E-state index is 0.0872. The van der Waals surface area contributed by atoms with E-state index in [9.17, 15) is 13.6 Å². The Hall–Kier alpha value is -2.84. The van der Waals surface area contributed by atoms with Crippen molar-refractivity contribution in [3.63, 3.8) is 0 Å². The topological polar surface area (TPSA) is 97.1 Å². The highest BCUT2D eigenvalue weighted by molar-refractivity contribution is 7.98. The van der Waals surface area contributed by atoms with Crippen molar-refractivity contribution in [1.29, 1.82) is 0 Å². The molecule has 0 saturated heterocycles. The zero-order valence-corrected chi connectivity index (χ0v) is 18.4. The third-order valence-corrected chi connectivity index (χ3v) is 6.74. The first-order valence-electron chi connectivity index (χ1n) is 9.24. The van der Waals surface area contributed by atoms with E-state index >= 15 is 0 Å². The number of aromatic amines is 1. The van der Waals surface area contributed by atoms with Gasteiger partial charge in [0.1, 0.15) is 0 Å². The lowest BCUT2D eigenvalue weighted by Gasteiger charge is -2.16. The predicted octanol–water partition coefficient (Wildman–Crippen LogP) is 5.67. The molecule has 0 bridgehead atoms. The van der Waals surface area contributed by atoms with Crippen LogP contribution < -0.4 is 10.0 Å². The summed E-state index contributed by atoms with van der Waals surface area (Å²) in [7, 11) is -3.77. The number of hydrogen-bond donors (Lipinski definition) is 3. The molecule has 1 heterocycles. The van der Waals surface area contributed by atoms with Gasteiger partial charge in [0.2, 0.25) is 5.91 Å². The first-order chi connectivity index (χ1) is 14.8. The number of anilines is 2. The Kier molecular flexibility index (Phi) is 6.02. The average molecular weight is 474 g/mol. The van der Waals surface area contributed by atoms with Crippen LogP contribution in [0.5, 0.6) is 0 Å². The van der Waals surface area contributed by atoms with E-state index < -0.39 is 10.4 Å². The van der Waals surface area contributed by atoms with Crippen molar-refractivity contribution < 1.29 is 13.6 Å². The highest BCUT2D eigenvalue weighted by Crippen LogP contribution is 2.25. The first-order valence-corrected chi connectivity index (χ1v) is 11.5. The van der Waals surface area contributed by atoms with Gasteiger partial charge in [0.15, 0.2) is 15.3 Å². The number of carbonyl (C=O) groups is 1. The minimum atomic E-state index is -3.77. The predicted molar refractivity (Wildman–Crippen MR) is 124 cm³/mol. The number of H-pyrrole nitrogens is 1. The zero-order chi connectivity index (χ0) is 22.0. The lowest BCUT2D eigenvalue weighted by molar-refractivity contribution is -0.115. The van der Waals surface area contributed by atoms with Gasteiger partial charge in [-0.25, -0.2) is 4.72 Å². The lowest BCUT2D eigenvalue weighted by Crippen LogP contribution is -2.21. The molecule has 1 atom stereocenters. The normalized spacial score (nSPS) is 13.0. The highest BCUT2D eigenvalue weighted by atomic mass is 35.5. The molecule has 4 aromatic rings. The number of aromatic nitrogens is 1. The maximum absolute atomic E-state index is 12.7. The van der Waals surface area contributed by atoms with Crippen LogP contribution in [0.2, 0.25) is 10.0 Å². The third-order valence-electron chi connectivity index (χ3n) is 4.60. The molecule has 0 saturated carbocycles. The van der Waals surface area contributed by atoms with Crippen LogP contribution in [-0.4, -0.2) is 15.4 Å². The van der Waals surface area contributed by atoms with Gasteiger partial charge in [0, 0.05) is 22.8 Å². The fourth-order valence-electron chi connectivity index (χ4n) is 3.09. The standard InChI is InChI=1S/C22H17Cl2N3O3S/c23-19-7-1-14(11-20(19)24)12-22(28)26-16-2-5-18(6-3-16)31(29,30)27-17-4-8-21-15(13-17)9-10-25-21/h1-11,13,25H,12H2,(H2-,26,27,28,29,30). The molecule has 3 aromatic carbocycles. The molecule has 9 heteroatoms. The average Bonchev–Trinajstić information content (AvgIpc) is 3.19. The number of amides is 1. The third kappa shape index (κ3) is 5.08. The molecule has 0 radical (unpaired) electrons. The summed E-state index contributed by atoms with van der Waals surface area (Å²) in [4.78, 5) is 15.4. The molecule has 0 spiro atoms. The molecule has 3 N–H and O–H groups in total. The van der Waals surface area contributed by atoms with Crippen LogP contribution in [0.15, 0.2) is 77.8 Å². The van der Waals surface area contributed by atoms with E-state index in [4.69, 9.17) is 23.2 Å². The van der Waals surface area contributed by atoms with Gasteiger partial charge in [0.05, 0.1) is 22.2 Å². The van der Waals surface area contributed by atoms with Gasteiger partial charge in [-0.2, -0.15) is 0 Å². The van der Waals surface area contributed by atoms with Gasteiger partial charge in [-0.3, -0.25) is 4.79 Å². The van der Waals surface area contributed by atoms with E-state index in [1.165, 1.54) is 24.3 Å². The maximum Gasteiger partial charge on any atom is 0.228 e. The SMILES string of the molecule is O=C(Cc1ccc(Cl)c(Cl)c1)Nc1ccc([S+](=O)([O-])Nc2ccc3[nH]ccc3c2)cc1. The zero-order valence-electron chi connectivity index (χ0n) is 16.0. The van der Waals surface area contributed by atoms with Crippen molar-refractivity contribution in [3.05, 3.63) is 88.5 Å². The van der Waals surface area contributed by atoms with Crippen molar-refractivity contribution in [1.82, 2.24) is 4.98 Å². The van der Waals surface area contributed by atoms with Crippen molar-refractivity contribution in [2.24, 2.45) is 0 Å². The monoisotopic (exact) mass is 473 g/mol. The molecule has 0 fully saturated rings. The molecule has 1 unspecified atom stereocenters. The summed E-state index contributed by atoms with van der Waals surface area (Å²) >= 11 is 11.9. The fourth-order valence-corrected chi connectivity index (χ4v) is 4.46. The molecular weight excluding hydrogens is 457 g/mol. The Morgan fingerprint density at radius 3 is 2.42 bits per heavy atom. The molecule has 31 heavy (non-hydrogen) atoms. The Morgan fingerprint density at radius 1 is 0.935 bits per heavy atom. The Bertz CT molecular complexity index is 1310. The Morgan fingerprint density at radius 2 is 1.68 bits per heavy atom. The van der Waals surface area contributed by atoms with Gasteiger partial charge in [-0.1, -0.05) is 33.5 Å². The number of halogens is 2. The molecule has 6 nitrogen and oxygen atoms in total. The lowest BCUT2D eigenvalue weighted by atomic mass is 10.1. The van der Waals surface area contributed by atoms with Crippen molar-refractivity contribution in [3.8, 4) is 0 Å². The van der Waals surface area contributed by atoms with Gasteiger partial charge in [0.25, 0.3) is 0 Å². The Balaban J connectivity index is 1.42. The number of rotatable bonds is 6. The summed E-state index contributed by atoms with van der Waals surface area (Å²) in [5.74, 6) is -0.257. The van der Waals surface area contributed by atoms with Crippen LogP contribution >= 0.6 is 23.2 Å². The second kappa shape index (κ2) is 8.72. The molecular formula is C22H17Cl2N3O3S. The van der Waals surface area contributed by atoms with E-state index in [1.54, 1.807) is 42.6 Å². The van der Waals surface area contributed by atoms with Crippen LogP contribution in [0.1, 0.15) is 5.56 Å². The summed E-state index contributed by atoms with van der Waals surface area (Å²) < 4.78 is 27.9. The first kappa shape index (κ1) is 21.4. The van der Waals surface area contributed by atoms with Crippen molar-refractivity contribution in [2.45, 2.75) is 11.3 Å². The van der Waals surface area contributed by atoms with E-state index in [0.717, 1.165) is 16.5 Å². The number of benzene rings is 3. The Labute approximate surface area is 190 Å². The summed E-state index contributed by atoms with van der Waals surface area (Å²) in [5, 5.41) is 4.44. The molecule has 0 aliphatic carbocycles. The number of carbonyl (C=O) groups excluding carboxylic acids is 1. The number of sulfonamides is 1. The smallest absolute Gasteiger partial charge is 0.228 e. The number of hydrogen-bond acceptors (Lipinski definition) is 3. The van der Waals surface area contributed by atoms with E-state index in [1.807, 2.05) is 6.07 Å². The second-order valence-electron chi connectivity index (χ2n) is 6.88. The largest absolute Gasteiger partial charge is 0.588 e. The summed E-state index contributed by atoms with van der Waals surface area (Å²) in [5.41, 5.74) is 2.59. The van der Waals surface area contributed by atoms with Gasteiger partial charge < -0.3 is 14.9 Å². The molecule has 1 amide bonds. The van der Waals surface area contributed by atoms with Gasteiger partial charge in [-0.05, 0) is 66.2 Å². The molecule has 0 aliphatic rings. The van der Waals surface area contributed by atoms with Gasteiger partial charge in [-0.15, -0.1) is 0 Å². The van der Waals surface area contributed by atoms with Crippen LogP contribution in [-0.2, 0) is 25.8 Å². The summed E-state index contributed by atoms with van der Waals surface area (Å²) in [6.07, 6.45) is 1.90. The molecule has 0 aliphatic heterocycles. The van der Waals surface area contributed by atoms with Crippen molar-refractivity contribution in [2.75, 3.05) is 10.0 Å². The van der Waals surface area contributed by atoms with E-state index in [-0.39, 0.29) is 17.2 Å². The summed E-state index contributed by atoms with van der Waals surface area (Å²) in [6.45, 7) is 0. The minimum Gasteiger partial charge on any atom is -0.588 e. The fraction of sp³-hybridized carbons (Fsp3) is 0.0455. The van der Waals surface area contributed by atoms with Crippen LogP contribution in [0.25, 0.3) is 10.9 Å². The number of fused-ring (bicyclic) bond motifs is 1. The second-order valence-corrected chi connectivity index (χ2v) is 9.38. The highest BCUT2D eigenvalue weighted by Gasteiger charge is 2.20. The van der Waals surface area contributed by atoms with E-state index in [0.29, 0.717) is 21.4 Å².